The van der Waals surface area contributed by atoms with Crippen molar-refractivity contribution >= 4 is 38.9 Å². The van der Waals surface area contributed by atoms with Crippen LogP contribution in [0.4, 0.5) is 5.69 Å². The first-order valence-corrected chi connectivity index (χ1v) is 9.02. The minimum absolute atomic E-state index is 0.0198. The fraction of sp³-hybridized carbons (Fsp3) is 0.0476. The van der Waals surface area contributed by atoms with Gasteiger partial charge in [-0.25, -0.2) is 4.98 Å². The lowest BCUT2D eigenvalue weighted by Gasteiger charge is -2.02. The van der Waals surface area contributed by atoms with Crippen LogP contribution < -0.4 is 0 Å². The Morgan fingerprint density at radius 1 is 1.00 bits per heavy atom. The molecule has 27 heavy (non-hydrogen) atoms. The quantitative estimate of drug-likeness (QED) is 0.413. The second-order valence-corrected chi connectivity index (χ2v) is 7.07. The van der Waals surface area contributed by atoms with E-state index in [0.717, 1.165) is 15.6 Å². The number of phenols is 2. The summed E-state index contributed by atoms with van der Waals surface area (Å²) in [6.45, 7) is 1.98. The molecule has 0 aliphatic heterocycles. The summed E-state index contributed by atoms with van der Waals surface area (Å²) in [6, 6.07) is 15.8. The summed E-state index contributed by atoms with van der Waals surface area (Å²) in [5.74, 6) is 0.504. The van der Waals surface area contributed by atoms with Crippen LogP contribution in [-0.2, 0) is 0 Å². The predicted octanol–water partition coefficient (Wildman–Crippen LogP) is 5.73. The van der Waals surface area contributed by atoms with Gasteiger partial charge in [-0.2, -0.15) is 0 Å². The Morgan fingerprint density at radius 2 is 1.85 bits per heavy atom. The largest absolute Gasteiger partial charge is 0.507 e. The minimum atomic E-state index is 0.0198. The number of aromatic nitrogens is 1. The number of hydrogen-bond donors (Lipinski definition) is 2. The van der Waals surface area contributed by atoms with Crippen LogP contribution in [0.3, 0.4) is 0 Å². The van der Waals surface area contributed by atoms with Gasteiger partial charge in [-0.1, -0.05) is 22.0 Å². The Labute approximate surface area is 163 Å². The van der Waals surface area contributed by atoms with Gasteiger partial charge in [0.2, 0.25) is 5.89 Å². The van der Waals surface area contributed by atoms with E-state index in [0.29, 0.717) is 28.3 Å². The number of rotatable bonds is 3. The van der Waals surface area contributed by atoms with Crippen LogP contribution in [0, 0.1) is 6.92 Å². The zero-order chi connectivity index (χ0) is 19.0. The Kier molecular flexibility index (Phi) is 4.41. The Balaban J connectivity index is 1.65. The van der Waals surface area contributed by atoms with Gasteiger partial charge in [0.05, 0.1) is 11.3 Å². The van der Waals surface area contributed by atoms with E-state index in [4.69, 9.17) is 4.42 Å². The number of phenolic OH excluding ortho intramolecular Hbond substituents is 2. The van der Waals surface area contributed by atoms with Crippen molar-refractivity contribution in [3.8, 4) is 23.0 Å². The molecule has 0 spiro atoms. The number of aromatic hydroxyl groups is 2. The molecule has 0 fully saturated rings. The molecule has 5 nitrogen and oxygen atoms in total. The molecule has 3 aromatic carbocycles. The molecule has 0 unspecified atom stereocenters. The van der Waals surface area contributed by atoms with Gasteiger partial charge in [-0.15, -0.1) is 0 Å². The standard InChI is InChI=1S/C21H15BrN2O3/c1-12-2-6-17-20(8-12)27-21(24-17)16-5-4-15(10-19(16)26)23-11-13-9-14(22)3-7-18(13)25/h2-11,25-26H,1H3. The van der Waals surface area contributed by atoms with E-state index >= 15 is 0 Å². The summed E-state index contributed by atoms with van der Waals surface area (Å²) in [5.41, 5.74) is 4.10. The van der Waals surface area contributed by atoms with Crippen LogP contribution in [0.2, 0.25) is 0 Å². The second kappa shape index (κ2) is 6.89. The normalized spacial score (nSPS) is 11.5. The number of aliphatic imine (C=N–C) groups is 1. The highest BCUT2D eigenvalue weighted by Gasteiger charge is 2.13. The number of nitrogens with zero attached hydrogens (tertiary/aromatic N) is 2. The van der Waals surface area contributed by atoms with Crippen molar-refractivity contribution in [1.29, 1.82) is 0 Å². The third kappa shape index (κ3) is 3.57. The summed E-state index contributed by atoms with van der Waals surface area (Å²) >= 11 is 3.36. The van der Waals surface area contributed by atoms with Gasteiger partial charge in [0, 0.05) is 22.3 Å². The molecule has 0 amide bonds. The number of hydrogen-bond acceptors (Lipinski definition) is 5. The molecular weight excluding hydrogens is 408 g/mol. The van der Waals surface area contributed by atoms with E-state index < -0.39 is 0 Å². The van der Waals surface area contributed by atoms with Crippen LogP contribution in [0.25, 0.3) is 22.6 Å². The molecule has 6 heteroatoms. The fourth-order valence-electron chi connectivity index (χ4n) is 2.70. The van der Waals surface area contributed by atoms with Crippen molar-refractivity contribution in [2.24, 2.45) is 4.99 Å². The first-order valence-electron chi connectivity index (χ1n) is 8.23. The maximum atomic E-state index is 10.4. The summed E-state index contributed by atoms with van der Waals surface area (Å²) in [5, 5.41) is 20.3. The van der Waals surface area contributed by atoms with E-state index in [9.17, 15) is 10.2 Å². The van der Waals surface area contributed by atoms with E-state index in [2.05, 4.69) is 25.9 Å². The van der Waals surface area contributed by atoms with Gasteiger partial charge in [0.15, 0.2) is 5.58 Å². The lowest BCUT2D eigenvalue weighted by atomic mass is 10.1. The van der Waals surface area contributed by atoms with Crippen LogP contribution in [0.15, 0.2) is 68.5 Å². The summed E-state index contributed by atoms with van der Waals surface area (Å²) in [4.78, 5) is 8.74. The van der Waals surface area contributed by atoms with E-state index in [1.165, 1.54) is 12.3 Å². The molecule has 1 aromatic heterocycles. The SMILES string of the molecule is Cc1ccc2nc(-c3ccc(N=Cc4cc(Br)ccc4O)cc3O)oc2c1. The molecule has 0 saturated carbocycles. The van der Waals surface area contributed by atoms with E-state index in [-0.39, 0.29) is 11.5 Å². The topological polar surface area (TPSA) is 78.9 Å². The molecular formula is C21H15BrN2O3. The van der Waals surface area contributed by atoms with Crippen molar-refractivity contribution in [3.05, 3.63) is 70.2 Å². The Morgan fingerprint density at radius 3 is 2.67 bits per heavy atom. The van der Waals surface area contributed by atoms with Crippen LogP contribution >= 0.6 is 15.9 Å². The van der Waals surface area contributed by atoms with E-state index in [1.54, 1.807) is 30.3 Å². The summed E-state index contributed by atoms with van der Waals surface area (Å²) in [7, 11) is 0. The van der Waals surface area contributed by atoms with Crippen LogP contribution in [0.1, 0.15) is 11.1 Å². The molecule has 0 atom stereocenters. The van der Waals surface area contributed by atoms with Crippen molar-refractivity contribution in [2.45, 2.75) is 6.92 Å². The molecule has 0 aliphatic rings. The molecule has 0 radical (unpaired) electrons. The molecule has 0 aliphatic carbocycles. The average Bonchev–Trinajstić information content (AvgIpc) is 3.05. The number of aryl methyl sites for hydroxylation is 1. The van der Waals surface area contributed by atoms with Gasteiger partial charge in [0.25, 0.3) is 0 Å². The highest BCUT2D eigenvalue weighted by atomic mass is 79.9. The van der Waals surface area contributed by atoms with Crippen molar-refractivity contribution < 1.29 is 14.6 Å². The first-order chi connectivity index (χ1) is 13.0. The first kappa shape index (κ1) is 17.3. The highest BCUT2D eigenvalue weighted by molar-refractivity contribution is 9.10. The predicted molar refractivity (Wildman–Crippen MR) is 109 cm³/mol. The monoisotopic (exact) mass is 422 g/mol. The van der Waals surface area contributed by atoms with Crippen LogP contribution in [-0.4, -0.2) is 21.4 Å². The second-order valence-electron chi connectivity index (χ2n) is 6.15. The number of halogens is 1. The molecule has 0 bridgehead atoms. The van der Waals surface area contributed by atoms with E-state index in [1.807, 2.05) is 25.1 Å². The molecule has 4 rings (SSSR count). The molecule has 1 heterocycles. The minimum Gasteiger partial charge on any atom is -0.507 e. The Hall–Kier alpha value is -3.12. The molecule has 2 N–H and O–H groups in total. The van der Waals surface area contributed by atoms with Gasteiger partial charge in [-0.3, -0.25) is 4.99 Å². The van der Waals surface area contributed by atoms with Gasteiger partial charge in [0.1, 0.15) is 17.0 Å². The van der Waals surface area contributed by atoms with Crippen molar-refractivity contribution in [1.82, 2.24) is 4.98 Å². The van der Waals surface area contributed by atoms with Crippen molar-refractivity contribution in [3.63, 3.8) is 0 Å². The molecule has 134 valence electrons. The Bertz CT molecular complexity index is 1180. The average molecular weight is 423 g/mol. The number of fused-ring (bicyclic) bond motifs is 1. The van der Waals surface area contributed by atoms with Gasteiger partial charge >= 0.3 is 0 Å². The fourth-order valence-corrected chi connectivity index (χ4v) is 3.08. The van der Waals surface area contributed by atoms with Gasteiger partial charge < -0.3 is 14.6 Å². The number of benzene rings is 3. The zero-order valence-electron chi connectivity index (χ0n) is 14.3. The lowest BCUT2D eigenvalue weighted by molar-refractivity contribution is 0.474. The summed E-state index contributed by atoms with van der Waals surface area (Å²) < 4.78 is 6.61. The zero-order valence-corrected chi connectivity index (χ0v) is 15.9. The molecule has 4 aromatic rings. The van der Waals surface area contributed by atoms with Crippen LogP contribution in [0.5, 0.6) is 11.5 Å². The third-order valence-electron chi connectivity index (χ3n) is 4.10. The highest BCUT2D eigenvalue weighted by Crippen LogP contribution is 2.34. The lowest BCUT2D eigenvalue weighted by Crippen LogP contribution is -1.83. The summed E-state index contributed by atoms with van der Waals surface area (Å²) in [6.07, 6.45) is 1.54. The smallest absolute Gasteiger partial charge is 0.231 e. The van der Waals surface area contributed by atoms with Gasteiger partial charge in [-0.05, 0) is 55.0 Å². The number of oxazole rings is 1. The third-order valence-corrected chi connectivity index (χ3v) is 4.59. The maximum absolute atomic E-state index is 10.4. The maximum Gasteiger partial charge on any atom is 0.231 e. The molecule has 0 saturated heterocycles. The van der Waals surface area contributed by atoms with Crippen molar-refractivity contribution in [2.75, 3.05) is 0 Å².